The first-order valence-electron chi connectivity index (χ1n) is 5.12. The average molecular weight is 151 g/mol. The third kappa shape index (κ3) is 0.703. The van der Waals surface area contributed by atoms with E-state index in [1.165, 1.54) is 32.1 Å². The minimum Gasteiger partial charge on any atom is -0.327 e. The van der Waals surface area contributed by atoms with Gasteiger partial charge in [0.1, 0.15) is 0 Å². The smallest absolute Gasteiger partial charge is 0.00727 e. The van der Waals surface area contributed by atoms with Gasteiger partial charge in [0.25, 0.3) is 0 Å². The summed E-state index contributed by atoms with van der Waals surface area (Å²) in [6, 6.07) is 0.583. The third-order valence-electron chi connectivity index (χ3n) is 4.48. The highest BCUT2D eigenvalue weighted by atomic mass is 14.7. The SMILES string of the molecule is N[C@@H]1CC2CC1[C@H]1CCC[C@@H]21. The lowest BCUT2D eigenvalue weighted by Crippen LogP contribution is -2.34. The predicted molar refractivity (Wildman–Crippen MR) is 45.0 cm³/mol. The van der Waals surface area contributed by atoms with Crippen molar-refractivity contribution in [1.82, 2.24) is 0 Å². The molecule has 5 atom stereocenters. The Morgan fingerprint density at radius 1 is 0.909 bits per heavy atom. The normalized spacial score (nSPS) is 60.3. The fourth-order valence-corrected chi connectivity index (χ4v) is 4.12. The summed E-state index contributed by atoms with van der Waals surface area (Å²) in [4.78, 5) is 0. The van der Waals surface area contributed by atoms with E-state index in [9.17, 15) is 0 Å². The maximum Gasteiger partial charge on any atom is 0.00727 e. The van der Waals surface area contributed by atoms with Crippen molar-refractivity contribution in [2.24, 2.45) is 29.4 Å². The van der Waals surface area contributed by atoms with Gasteiger partial charge in [-0.2, -0.15) is 0 Å². The molecule has 0 saturated heterocycles. The second kappa shape index (κ2) is 2.01. The van der Waals surface area contributed by atoms with Gasteiger partial charge in [-0.15, -0.1) is 0 Å². The zero-order chi connectivity index (χ0) is 7.42. The van der Waals surface area contributed by atoms with E-state index in [0.717, 1.165) is 23.7 Å². The molecular weight excluding hydrogens is 134 g/mol. The standard InChI is InChI=1S/C10H17N/c11-10-5-6-4-9(10)8-3-1-2-7(6)8/h6-10H,1-5,11H2/t6?,7-,8-,9?,10+/m0/s1. The van der Waals surface area contributed by atoms with Crippen LogP contribution in [0.25, 0.3) is 0 Å². The van der Waals surface area contributed by atoms with Gasteiger partial charge in [0.2, 0.25) is 0 Å². The molecule has 0 radical (unpaired) electrons. The Balaban J connectivity index is 1.90. The van der Waals surface area contributed by atoms with Crippen LogP contribution in [-0.4, -0.2) is 6.04 Å². The highest BCUT2D eigenvalue weighted by Gasteiger charge is 2.52. The lowest BCUT2D eigenvalue weighted by molar-refractivity contribution is 0.234. The maximum absolute atomic E-state index is 6.08. The number of hydrogen-bond donors (Lipinski definition) is 1. The van der Waals surface area contributed by atoms with Gasteiger partial charge in [-0.1, -0.05) is 6.42 Å². The van der Waals surface area contributed by atoms with Crippen LogP contribution in [0.3, 0.4) is 0 Å². The van der Waals surface area contributed by atoms with Gasteiger partial charge in [0.15, 0.2) is 0 Å². The molecule has 0 heterocycles. The molecule has 0 aliphatic heterocycles. The molecule has 3 rings (SSSR count). The molecular formula is C10H17N. The fourth-order valence-electron chi connectivity index (χ4n) is 4.12. The van der Waals surface area contributed by atoms with E-state index in [4.69, 9.17) is 5.73 Å². The maximum atomic E-state index is 6.08. The van der Waals surface area contributed by atoms with Crippen molar-refractivity contribution in [3.05, 3.63) is 0 Å². The summed E-state index contributed by atoms with van der Waals surface area (Å²) in [5.74, 6) is 4.15. The first kappa shape index (κ1) is 6.47. The van der Waals surface area contributed by atoms with Crippen molar-refractivity contribution in [1.29, 1.82) is 0 Å². The Bertz CT molecular complexity index is 178. The van der Waals surface area contributed by atoms with E-state index in [2.05, 4.69) is 0 Å². The van der Waals surface area contributed by atoms with Crippen LogP contribution >= 0.6 is 0 Å². The Morgan fingerprint density at radius 2 is 1.73 bits per heavy atom. The quantitative estimate of drug-likeness (QED) is 0.561. The molecule has 2 unspecified atom stereocenters. The lowest BCUT2D eigenvalue weighted by Gasteiger charge is -2.28. The fraction of sp³-hybridized carbons (Fsp3) is 1.00. The van der Waals surface area contributed by atoms with Crippen LogP contribution < -0.4 is 5.73 Å². The van der Waals surface area contributed by atoms with Crippen LogP contribution in [0.4, 0.5) is 0 Å². The van der Waals surface area contributed by atoms with Crippen LogP contribution in [0.5, 0.6) is 0 Å². The second-order valence-corrected chi connectivity index (χ2v) is 4.82. The zero-order valence-corrected chi connectivity index (χ0v) is 7.00. The van der Waals surface area contributed by atoms with Gasteiger partial charge >= 0.3 is 0 Å². The number of nitrogens with two attached hydrogens (primary N) is 1. The summed E-state index contributed by atoms with van der Waals surface area (Å²) >= 11 is 0. The zero-order valence-electron chi connectivity index (χ0n) is 7.00. The molecule has 0 aromatic heterocycles. The topological polar surface area (TPSA) is 26.0 Å². The van der Waals surface area contributed by atoms with E-state index in [1.807, 2.05) is 0 Å². The number of hydrogen-bond acceptors (Lipinski definition) is 1. The molecule has 3 fully saturated rings. The molecule has 3 aliphatic carbocycles. The largest absolute Gasteiger partial charge is 0.327 e. The van der Waals surface area contributed by atoms with Gasteiger partial charge in [-0.05, 0) is 49.4 Å². The van der Waals surface area contributed by atoms with Gasteiger partial charge in [0, 0.05) is 6.04 Å². The predicted octanol–water partition coefficient (Wildman–Crippen LogP) is 1.77. The summed E-state index contributed by atoms with van der Waals surface area (Å²) in [5.41, 5.74) is 6.08. The monoisotopic (exact) mass is 151 g/mol. The lowest BCUT2D eigenvalue weighted by atomic mass is 9.79. The van der Waals surface area contributed by atoms with E-state index < -0.39 is 0 Å². The molecule has 62 valence electrons. The van der Waals surface area contributed by atoms with Crippen molar-refractivity contribution in [3.63, 3.8) is 0 Å². The Labute approximate surface area is 68.3 Å². The minimum absolute atomic E-state index is 0.583. The van der Waals surface area contributed by atoms with E-state index >= 15 is 0 Å². The van der Waals surface area contributed by atoms with Crippen molar-refractivity contribution in [3.8, 4) is 0 Å². The summed E-state index contributed by atoms with van der Waals surface area (Å²) in [5, 5.41) is 0. The second-order valence-electron chi connectivity index (χ2n) is 4.82. The highest BCUT2D eigenvalue weighted by molar-refractivity contribution is 5.04. The molecule has 1 heteroatoms. The van der Waals surface area contributed by atoms with Crippen LogP contribution in [-0.2, 0) is 0 Å². The molecule has 11 heavy (non-hydrogen) atoms. The molecule has 3 aliphatic rings. The summed E-state index contributed by atoms with van der Waals surface area (Å²) in [6.07, 6.45) is 7.36. The van der Waals surface area contributed by atoms with E-state index in [0.29, 0.717) is 6.04 Å². The number of rotatable bonds is 0. The Kier molecular flexibility index (Phi) is 1.18. The van der Waals surface area contributed by atoms with Gasteiger partial charge in [-0.25, -0.2) is 0 Å². The molecule has 3 saturated carbocycles. The van der Waals surface area contributed by atoms with Crippen molar-refractivity contribution < 1.29 is 0 Å². The molecule has 2 N–H and O–H groups in total. The van der Waals surface area contributed by atoms with E-state index in [1.54, 1.807) is 0 Å². The van der Waals surface area contributed by atoms with Crippen molar-refractivity contribution in [2.45, 2.75) is 38.1 Å². The molecule has 1 nitrogen and oxygen atoms in total. The summed E-state index contributed by atoms with van der Waals surface area (Å²) in [6.45, 7) is 0. The van der Waals surface area contributed by atoms with E-state index in [-0.39, 0.29) is 0 Å². The minimum atomic E-state index is 0.583. The van der Waals surface area contributed by atoms with Crippen molar-refractivity contribution in [2.75, 3.05) is 0 Å². The van der Waals surface area contributed by atoms with Crippen LogP contribution in [0, 0.1) is 23.7 Å². The molecule has 0 spiro atoms. The average Bonchev–Trinajstić information content (AvgIpc) is 2.52. The van der Waals surface area contributed by atoms with Gasteiger partial charge < -0.3 is 5.73 Å². The summed E-state index contributed by atoms with van der Waals surface area (Å²) in [7, 11) is 0. The summed E-state index contributed by atoms with van der Waals surface area (Å²) < 4.78 is 0. The van der Waals surface area contributed by atoms with Crippen molar-refractivity contribution >= 4 is 0 Å². The Hall–Kier alpha value is -0.0400. The van der Waals surface area contributed by atoms with Crippen LogP contribution in [0.2, 0.25) is 0 Å². The molecule has 2 bridgehead atoms. The molecule has 0 aromatic carbocycles. The highest BCUT2D eigenvalue weighted by Crippen LogP contribution is 2.58. The van der Waals surface area contributed by atoms with Gasteiger partial charge in [-0.3, -0.25) is 0 Å². The first-order chi connectivity index (χ1) is 5.36. The number of fused-ring (bicyclic) bond motifs is 5. The Morgan fingerprint density at radius 3 is 2.64 bits per heavy atom. The van der Waals surface area contributed by atoms with Crippen LogP contribution in [0.15, 0.2) is 0 Å². The van der Waals surface area contributed by atoms with Crippen LogP contribution in [0.1, 0.15) is 32.1 Å². The molecule has 0 aromatic rings. The first-order valence-corrected chi connectivity index (χ1v) is 5.12. The molecule has 0 amide bonds. The van der Waals surface area contributed by atoms with Gasteiger partial charge in [0.05, 0.1) is 0 Å². The third-order valence-corrected chi connectivity index (χ3v) is 4.48.